The summed E-state index contributed by atoms with van der Waals surface area (Å²) in [5.74, 6) is 0. The van der Waals surface area contributed by atoms with Crippen LogP contribution < -0.4 is 5.32 Å². The van der Waals surface area contributed by atoms with Gasteiger partial charge in [0.2, 0.25) is 0 Å². The van der Waals surface area contributed by atoms with Gasteiger partial charge in [-0.25, -0.2) is 4.68 Å². The number of aromatic nitrogens is 2. The monoisotopic (exact) mass is 190 g/mol. The normalized spacial score (nSPS) is 15.3. The molecule has 1 aromatic heterocycles. The first-order valence-corrected chi connectivity index (χ1v) is 4.76. The van der Waals surface area contributed by atoms with Crippen molar-refractivity contribution in [2.75, 3.05) is 0 Å². The molecule has 0 saturated heterocycles. The van der Waals surface area contributed by atoms with Gasteiger partial charge in [-0.05, 0) is 20.8 Å². The van der Waals surface area contributed by atoms with Gasteiger partial charge in [0.15, 0.2) is 0 Å². The number of nitriles is 1. The van der Waals surface area contributed by atoms with Crippen LogP contribution in [0.1, 0.15) is 37.7 Å². The lowest BCUT2D eigenvalue weighted by atomic mass is 10.1. The van der Waals surface area contributed by atoms with Crippen LogP contribution in [-0.4, -0.2) is 9.78 Å². The number of hydrogen-bond acceptors (Lipinski definition) is 3. The Labute approximate surface area is 83.5 Å². The molecule has 0 atom stereocenters. The second-order valence-corrected chi connectivity index (χ2v) is 4.57. The van der Waals surface area contributed by atoms with E-state index in [4.69, 9.17) is 5.26 Å². The molecular weight excluding hydrogens is 176 g/mol. The first-order chi connectivity index (χ1) is 6.54. The maximum Gasteiger partial charge on any atom is 0.143 e. The average molecular weight is 190 g/mol. The number of hydrogen-bond donors (Lipinski definition) is 1. The van der Waals surface area contributed by atoms with E-state index in [0.717, 1.165) is 24.3 Å². The molecule has 0 bridgehead atoms. The third kappa shape index (κ3) is 1.21. The van der Waals surface area contributed by atoms with Crippen molar-refractivity contribution in [2.24, 2.45) is 0 Å². The van der Waals surface area contributed by atoms with Crippen LogP contribution in [0.15, 0.2) is 0 Å². The summed E-state index contributed by atoms with van der Waals surface area (Å²) >= 11 is 0. The van der Waals surface area contributed by atoms with Gasteiger partial charge in [-0.3, -0.25) is 0 Å². The van der Waals surface area contributed by atoms with Crippen LogP contribution in [0, 0.1) is 11.3 Å². The van der Waals surface area contributed by atoms with Crippen LogP contribution in [-0.2, 0) is 18.6 Å². The number of fused-ring (bicyclic) bond motifs is 1. The van der Waals surface area contributed by atoms with Crippen molar-refractivity contribution >= 4 is 0 Å². The largest absolute Gasteiger partial charge is 0.307 e. The van der Waals surface area contributed by atoms with Gasteiger partial charge in [0.25, 0.3) is 0 Å². The molecule has 0 amide bonds. The Morgan fingerprint density at radius 2 is 2.14 bits per heavy atom. The SMILES string of the molecule is CC(C)(C)n1nc2c(c1C#N)CNC2. The third-order valence-corrected chi connectivity index (χ3v) is 2.40. The molecule has 1 aliphatic rings. The standard InChI is InChI=1S/C10H14N4/c1-10(2,3)14-9(4-11)7-5-12-6-8(7)13-14/h12H,5-6H2,1-3H3. The van der Waals surface area contributed by atoms with E-state index in [1.165, 1.54) is 0 Å². The summed E-state index contributed by atoms with van der Waals surface area (Å²) in [5, 5.41) is 16.8. The van der Waals surface area contributed by atoms with Crippen LogP contribution >= 0.6 is 0 Å². The molecule has 1 N–H and O–H groups in total. The molecule has 4 heteroatoms. The van der Waals surface area contributed by atoms with Crippen LogP contribution in [0.4, 0.5) is 0 Å². The van der Waals surface area contributed by atoms with E-state index in [9.17, 15) is 0 Å². The smallest absolute Gasteiger partial charge is 0.143 e. The molecule has 1 aliphatic heterocycles. The first kappa shape index (κ1) is 9.22. The highest BCUT2D eigenvalue weighted by Crippen LogP contribution is 2.24. The molecule has 4 nitrogen and oxygen atoms in total. The van der Waals surface area contributed by atoms with E-state index in [2.05, 4.69) is 37.3 Å². The van der Waals surface area contributed by atoms with Crippen molar-refractivity contribution in [3.63, 3.8) is 0 Å². The zero-order chi connectivity index (χ0) is 10.3. The fraction of sp³-hybridized carbons (Fsp3) is 0.600. The van der Waals surface area contributed by atoms with Crippen LogP contribution in [0.3, 0.4) is 0 Å². The molecule has 2 heterocycles. The Morgan fingerprint density at radius 3 is 2.71 bits per heavy atom. The maximum atomic E-state index is 9.10. The molecule has 0 fully saturated rings. The van der Waals surface area contributed by atoms with Crippen LogP contribution in [0.25, 0.3) is 0 Å². The minimum absolute atomic E-state index is 0.116. The van der Waals surface area contributed by atoms with Gasteiger partial charge in [-0.15, -0.1) is 0 Å². The van der Waals surface area contributed by atoms with Crippen molar-refractivity contribution < 1.29 is 0 Å². The van der Waals surface area contributed by atoms with E-state index >= 15 is 0 Å². The first-order valence-electron chi connectivity index (χ1n) is 4.76. The predicted molar refractivity (Wildman–Crippen MR) is 52.5 cm³/mol. The van der Waals surface area contributed by atoms with Gasteiger partial charge in [0, 0.05) is 18.7 Å². The number of nitrogens with one attached hydrogen (secondary N) is 1. The summed E-state index contributed by atoms with van der Waals surface area (Å²) < 4.78 is 1.83. The van der Waals surface area contributed by atoms with Crippen molar-refractivity contribution in [1.29, 1.82) is 5.26 Å². The second kappa shape index (κ2) is 2.82. The summed E-state index contributed by atoms with van der Waals surface area (Å²) in [6.45, 7) is 7.73. The lowest BCUT2D eigenvalue weighted by Crippen LogP contribution is -2.25. The summed E-state index contributed by atoms with van der Waals surface area (Å²) in [4.78, 5) is 0. The Balaban J connectivity index is 2.59. The minimum atomic E-state index is -0.116. The topological polar surface area (TPSA) is 53.6 Å². The third-order valence-electron chi connectivity index (χ3n) is 2.40. The van der Waals surface area contributed by atoms with Gasteiger partial charge in [0.1, 0.15) is 11.8 Å². The number of rotatable bonds is 0. The molecule has 0 aromatic carbocycles. The van der Waals surface area contributed by atoms with Gasteiger partial charge in [-0.2, -0.15) is 10.4 Å². The van der Waals surface area contributed by atoms with Crippen molar-refractivity contribution in [3.8, 4) is 6.07 Å². The van der Waals surface area contributed by atoms with Crippen molar-refractivity contribution in [1.82, 2.24) is 15.1 Å². The predicted octanol–water partition coefficient (Wildman–Crippen LogP) is 1.11. The number of nitrogens with zero attached hydrogens (tertiary/aromatic N) is 3. The zero-order valence-corrected chi connectivity index (χ0v) is 8.76. The fourth-order valence-corrected chi connectivity index (χ4v) is 1.73. The Morgan fingerprint density at radius 1 is 1.43 bits per heavy atom. The van der Waals surface area contributed by atoms with E-state index in [0.29, 0.717) is 5.69 Å². The van der Waals surface area contributed by atoms with Gasteiger partial charge >= 0.3 is 0 Å². The van der Waals surface area contributed by atoms with Crippen LogP contribution in [0.5, 0.6) is 0 Å². The molecule has 2 rings (SSSR count). The summed E-state index contributed by atoms with van der Waals surface area (Å²) in [7, 11) is 0. The van der Waals surface area contributed by atoms with E-state index < -0.39 is 0 Å². The maximum absolute atomic E-state index is 9.10. The van der Waals surface area contributed by atoms with E-state index in [1.54, 1.807) is 0 Å². The lowest BCUT2D eigenvalue weighted by Gasteiger charge is -2.20. The molecule has 0 saturated carbocycles. The Hall–Kier alpha value is -1.34. The Bertz CT molecular complexity index is 403. The molecule has 74 valence electrons. The highest BCUT2D eigenvalue weighted by atomic mass is 15.3. The highest BCUT2D eigenvalue weighted by molar-refractivity contribution is 5.38. The van der Waals surface area contributed by atoms with Gasteiger partial charge in [0.05, 0.1) is 11.2 Å². The van der Waals surface area contributed by atoms with Gasteiger partial charge in [-0.1, -0.05) is 0 Å². The molecular formula is C10H14N4. The van der Waals surface area contributed by atoms with E-state index in [1.807, 2.05) is 4.68 Å². The zero-order valence-electron chi connectivity index (χ0n) is 8.76. The molecule has 0 spiro atoms. The molecule has 1 aromatic rings. The molecule has 0 radical (unpaired) electrons. The van der Waals surface area contributed by atoms with Crippen molar-refractivity contribution in [2.45, 2.75) is 39.4 Å². The summed E-state index contributed by atoms with van der Waals surface area (Å²) in [6.07, 6.45) is 0. The fourth-order valence-electron chi connectivity index (χ4n) is 1.73. The van der Waals surface area contributed by atoms with Gasteiger partial charge < -0.3 is 5.32 Å². The van der Waals surface area contributed by atoms with E-state index in [-0.39, 0.29) is 5.54 Å². The molecule has 0 aliphatic carbocycles. The minimum Gasteiger partial charge on any atom is -0.307 e. The average Bonchev–Trinajstić information content (AvgIpc) is 2.58. The Kier molecular flexibility index (Phi) is 1.86. The quantitative estimate of drug-likeness (QED) is 0.666. The lowest BCUT2D eigenvalue weighted by molar-refractivity contribution is 0.348. The van der Waals surface area contributed by atoms with Crippen molar-refractivity contribution in [3.05, 3.63) is 17.0 Å². The summed E-state index contributed by atoms with van der Waals surface area (Å²) in [5.41, 5.74) is 2.69. The van der Waals surface area contributed by atoms with Crippen LogP contribution in [0.2, 0.25) is 0 Å². The summed E-state index contributed by atoms with van der Waals surface area (Å²) in [6, 6.07) is 2.24. The second-order valence-electron chi connectivity index (χ2n) is 4.57. The molecule has 0 unspecified atom stereocenters. The molecule has 14 heavy (non-hydrogen) atoms. The highest BCUT2D eigenvalue weighted by Gasteiger charge is 2.26.